The summed E-state index contributed by atoms with van der Waals surface area (Å²) in [6, 6.07) is 16.4. The van der Waals surface area contributed by atoms with Crippen molar-refractivity contribution in [1.29, 1.82) is 0 Å². The minimum absolute atomic E-state index is 0.0843. The number of aliphatic imine (C=N–C) groups is 1. The third kappa shape index (κ3) is 3.48. The molecule has 1 aliphatic rings. The average Bonchev–Trinajstić information content (AvgIpc) is 3.36. The smallest absolute Gasteiger partial charge is 0.194 e. The van der Waals surface area contributed by atoms with Crippen LogP contribution < -0.4 is 10.1 Å². The van der Waals surface area contributed by atoms with Crippen molar-refractivity contribution in [3.05, 3.63) is 54.1 Å². The number of nitrogens with zero attached hydrogens (tertiary/aromatic N) is 2. The fourth-order valence-corrected chi connectivity index (χ4v) is 3.54. The van der Waals surface area contributed by atoms with E-state index in [1.54, 1.807) is 7.11 Å². The van der Waals surface area contributed by atoms with Gasteiger partial charge in [-0.2, -0.15) is 0 Å². The van der Waals surface area contributed by atoms with Gasteiger partial charge in [0.05, 0.1) is 26.0 Å². The number of methoxy groups -OCH3 is 1. The van der Waals surface area contributed by atoms with E-state index in [1.165, 1.54) is 10.9 Å². The molecule has 3 aromatic rings. The van der Waals surface area contributed by atoms with Gasteiger partial charge in [0, 0.05) is 36.1 Å². The van der Waals surface area contributed by atoms with Crippen molar-refractivity contribution >= 4 is 16.9 Å². The van der Waals surface area contributed by atoms with Gasteiger partial charge in [0.2, 0.25) is 0 Å². The second kappa shape index (κ2) is 7.72. The number of guanidine groups is 1. The molecule has 0 bridgehead atoms. The summed E-state index contributed by atoms with van der Waals surface area (Å²) in [6.07, 6.45) is 0. The predicted molar refractivity (Wildman–Crippen MR) is 108 cm³/mol. The molecule has 4 rings (SSSR count). The molecule has 0 saturated heterocycles. The standard InChI is InChI=1S/C21H24N4O2/c1-27-16-8-6-15(7-9-16)20-18(17-4-2-3-5-19(17)24-20)14-25(12-13-26)21-22-10-11-23-21/h2-9,24,26H,10-14H2,1H3,(H,22,23). The number of hydrogen-bond donors (Lipinski definition) is 3. The number of rotatable bonds is 6. The van der Waals surface area contributed by atoms with Crippen LogP contribution in [0.4, 0.5) is 0 Å². The first-order valence-corrected chi connectivity index (χ1v) is 9.18. The molecular formula is C21H24N4O2. The predicted octanol–water partition coefficient (Wildman–Crippen LogP) is 2.60. The molecule has 0 radical (unpaired) electrons. The lowest BCUT2D eigenvalue weighted by molar-refractivity contribution is 0.244. The van der Waals surface area contributed by atoms with Crippen LogP contribution in [-0.2, 0) is 6.54 Å². The van der Waals surface area contributed by atoms with Crippen LogP contribution in [0, 0.1) is 0 Å². The summed E-state index contributed by atoms with van der Waals surface area (Å²) < 4.78 is 5.29. The highest BCUT2D eigenvalue weighted by Crippen LogP contribution is 2.32. The van der Waals surface area contributed by atoms with Gasteiger partial charge in [0.15, 0.2) is 5.96 Å². The maximum absolute atomic E-state index is 9.54. The topological polar surface area (TPSA) is 72.9 Å². The van der Waals surface area contributed by atoms with Crippen LogP contribution in [0.1, 0.15) is 5.56 Å². The van der Waals surface area contributed by atoms with E-state index in [0.29, 0.717) is 13.1 Å². The Balaban J connectivity index is 1.77. The molecule has 6 heteroatoms. The van der Waals surface area contributed by atoms with Crippen LogP contribution in [0.3, 0.4) is 0 Å². The Hall–Kier alpha value is -2.99. The fraction of sp³-hybridized carbons (Fsp3) is 0.286. The number of para-hydroxylation sites is 1. The van der Waals surface area contributed by atoms with Crippen molar-refractivity contribution in [3.8, 4) is 17.0 Å². The number of H-pyrrole nitrogens is 1. The molecule has 140 valence electrons. The molecule has 3 N–H and O–H groups in total. The van der Waals surface area contributed by atoms with Gasteiger partial charge in [-0.05, 0) is 35.9 Å². The molecule has 0 amide bonds. The van der Waals surface area contributed by atoms with Crippen molar-refractivity contribution in [2.24, 2.45) is 4.99 Å². The zero-order chi connectivity index (χ0) is 18.6. The SMILES string of the molecule is COc1ccc(-c2[nH]c3ccccc3c2CN(CCO)C2=NCCN2)cc1. The molecule has 0 saturated carbocycles. The summed E-state index contributed by atoms with van der Waals surface area (Å²) in [5.74, 6) is 1.69. The van der Waals surface area contributed by atoms with E-state index in [-0.39, 0.29) is 6.61 Å². The first kappa shape index (κ1) is 17.4. The molecular weight excluding hydrogens is 340 g/mol. The molecule has 1 aliphatic heterocycles. The Morgan fingerprint density at radius 2 is 1.96 bits per heavy atom. The number of nitrogens with one attached hydrogen (secondary N) is 2. The van der Waals surface area contributed by atoms with E-state index in [0.717, 1.165) is 41.6 Å². The van der Waals surface area contributed by atoms with Gasteiger partial charge in [0.25, 0.3) is 0 Å². The van der Waals surface area contributed by atoms with Crippen molar-refractivity contribution < 1.29 is 9.84 Å². The molecule has 0 aliphatic carbocycles. The average molecular weight is 364 g/mol. The van der Waals surface area contributed by atoms with E-state index in [4.69, 9.17) is 4.74 Å². The van der Waals surface area contributed by atoms with Crippen molar-refractivity contribution in [2.75, 3.05) is 33.4 Å². The third-order valence-corrected chi connectivity index (χ3v) is 4.87. The molecule has 0 fully saturated rings. The molecule has 0 unspecified atom stereocenters. The molecule has 0 atom stereocenters. The second-order valence-corrected chi connectivity index (χ2v) is 6.53. The first-order valence-electron chi connectivity index (χ1n) is 9.18. The van der Waals surface area contributed by atoms with E-state index in [2.05, 4.69) is 50.5 Å². The van der Waals surface area contributed by atoms with Gasteiger partial charge in [0.1, 0.15) is 5.75 Å². The molecule has 2 heterocycles. The van der Waals surface area contributed by atoms with Gasteiger partial charge in [-0.1, -0.05) is 18.2 Å². The Labute approximate surface area is 158 Å². The maximum Gasteiger partial charge on any atom is 0.194 e. The number of fused-ring (bicyclic) bond motifs is 1. The Morgan fingerprint density at radius 3 is 2.67 bits per heavy atom. The van der Waals surface area contributed by atoms with Crippen LogP contribution in [0.25, 0.3) is 22.2 Å². The number of aromatic nitrogens is 1. The number of ether oxygens (including phenoxy) is 1. The number of benzene rings is 2. The zero-order valence-electron chi connectivity index (χ0n) is 15.4. The van der Waals surface area contributed by atoms with Crippen molar-refractivity contribution in [1.82, 2.24) is 15.2 Å². The summed E-state index contributed by atoms with van der Waals surface area (Å²) in [6.45, 7) is 2.90. The number of aliphatic hydroxyl groups is 1. The third-order valence-electron chi connectivity index (χ3n) is 4.87. The Bertz CT molecular complexity index is 946. The number of aromatic amines is 1. The normalized spacial score (nSPS) is 13.5. The maximum atomic E-state index is 9.54. The fourth-order valence-electron chi connectivity index (χ4n) is 3.54. The minimum Gasteiger partial charge on any atom is -0.497 e. The summed E-state index contributed by atoms with van der Waals surface area (Å²) in [7, 11) is 1.67. The van der Waals surface area contributed by atoms with Gasteiger partial charge in [-0.15, -0.1) is 0 Å². The minimum atomic E-state index is 0.0843. The summed E-state index contributed by atoms with van der Waals surface area (Å²) >= 11 is 0. The molecule has 0 spiro atoms. The summed E-state index contributed by atoms with van der Waals surface area (Å²) in [5, 5.41) is 14.0. The van der Waals surface area contributed by atoms with Crippen molar-refractivity contribution in [2.45, 2.75) is 6.54 Å². The van der Waals surface area contributed by atoms with Crippen LogP contribution in [0.2, 0.25) is 0 Å². The lowest BCUT2D eigenvalue weighted by Gasteiger charge is -2.24. The highest BCUT2D eigenvalue weighted by atomic mass is 16.5. The van der Waals surface area contributed by atoms with Crippen molar-refractivity contribution in [3.63, 3.8) is 0 Å². The molecule has 2 aromatic carbocycles. The molecule has 27 heavy (non-hydrogen) atoms. The van der Waals surface area contributed by atoms with E-state index in [1.807, 2.05) is 18.2 Å². The number of aliphatic hydroxyl groups excluding tert-OH is 1. The van der Waals surface area contributed by atoms with Crippen LogP contribution in [0.5, 0.6) is 5.75 Å². The van der Waals surface area contributed by atoms with Crippen LogP contribution in [-0.4, -0.2) is 54.3 Å². The monoisotopic (exact) mass is 364 g/mol. The Kier molecular flexibility index (Phi) is 4.98. The van der Waals surface area contributed by atoms with Crippen LogP contribution >= 0.6 is 0 Å². The highest BCUT2D eigenvalue weighted by Gasteiger charge is 2.20. The second-order valence-electron chi connectivity index (χ2n) is 6.53. The summed E-state index contributed by atoms with van der Waals surface area (Å²) in [4.78, 5) is 10.2. The largest absolute Gasteiger partial charge is 0.497 e. The number of hydrogen-bond acceptors (Lipinski definition) is 5. The van der Waals surface area contributed by atoms with Gasteiger partial charge >= 0.3 is 0 Å². The zero-order valence-corrected chi connectivity index (χ0v) is 15.4. The van der Waals surface area contributed by atoms with E-state index >= 15 is 0 Å². The first-order chi connectivity index (χ1) is 13.3. The van der Waals surface area contributed by atoms with E-state index in [9.17, 15) is 5.11 Å². The van der Waals surface area contributed by atoms with Gasteiger partial charge in [-0.25, -0.2) is 0 Å². The summed E-state index contributed by atoms with van der Waals surface area (Å²) in [5.41, 5.74) is 4.48. The molecule has 1 aromatic heterocycles. The van der Waals surface area contributed by atoms with Gasteiger partial charge < -0.3 is 25.0 Å². The lowest BCUT2D eigenvalue weighted by atomic mass is 10.0. The van der Waals surface area contributed by atoms with Gasteiger partial charge in [-0.3, -0.25) is 4.99 Å². The quantitative estimate of drug-likeness (QED) is 0.629. The lowest BCUT2D eigenvalue weighted by Crippen LogP contribution is -2.40. The molecule has 6 nitrogen and oxygen atoms in total. The van der Waals surface area contributed by atoms with Crippen LogP contribution in [0.15, 0.2) is 53.5 Å². The Morgan fingerprint density at radius 1 is 1.15 bits per heavy atom. The van der Waals surface area contributed by atoms with E-state index < -0.39 is 0 Å². The highest BCUT2D eigenvalue weighted by molar-refractivity contribution is 5.91.